The Morgan fingerprint density at radius 1 is 0.478 bits per heavy atom. The number of rotatable bonds is 19. The largest absolute Gasteiger partial charge is 0.394 e. The van der Waals surface area contributed by atoms with Gasteiger partial charge in [0.15, 0.2) is 12.6 Å². The molecule has 3 aliphatic rings. The molecule has 0 aliphatic carbocycles. The molecule has 16 heteroatoms. The van der Waals surface area contributed by atoms with E-state index in [1.54, 1.807) is 0 Å². The molecular formula is C30H56O15S. The summed E-state index contributed by atoms with van der Waals surface area (Å²) in [6.07, 6.45) is -10.1. The minimum absolute atomic E-state index is 0.596. The number of unbranched alkanes of at least 4 members (excludes halogenated alkanes) is 9. The zero-order chi connectivity index (χ0) is 33.8. The lowest BCUT2D eigenvalue weighted by Crippen LogP contribution is -2.66. The fourth-order valence-electron chi connectivity index (χ4n) is 5.97. The van der Waals surface area contributed by atoms with Gasteiger partial charge in [-0.25, -0.2) is 0 Å². The molecule has 0 aromatic rings. The van der Waals surface area contributed by atoms with Crippen molar-refractivity contribution >= 4 is 11.8 Å². The predicted octanol–water partition coefficient (Wildman–Crippen LogP) is -1.91. The molecule has 0 aromatic carbocycles. The van der Waals surface area contributed by atoms with E-state index in [0.29, 0.717) is 5.75 Å². The van der Waals surface area contributed by atoms with E-state index in [2.05, 4.69) is 6.92 Å². The lowest BCUT2D eigenvalue weighted by molar-refractivity contribution is -0.371. The first kappa shape index (κ1) is 40.2. The highest BCUT2D eigenvalue weighted by Crippen LogP contribution is 2.34. The Morgan fingerprint density at radius 3 is 1.43 bits per heavy atom. The normalized spacial score (nSPS) is 41.9. The van der Waals surface area contributed by atoms with Crippen molar-refractivity contribution in [2.24, 2.45) is 0 Å². The fraction of sp³-hybridized carbons (Fsp3) is 1.00. The molecule has 0 amide bonds. The van der Waals surface area contributed by atoms with Crippen molar-refractivity contribution in [3.05, 3.63) is 0 Å². The summed E-state index contributed by atoms with van der Waals surface area (Å²) in [5.74, 6) is 0.680. The molecule has 272 valence electrons. The third-order valence-corrected chi connectivity index (χ3v) is 10.1. The number of thioether (sulfide) groups is 1. The first-order valence-electron chi connectivity index (χ1n) is 16.6. The van der Waals surface area contributed by atoms with Gasteiger partial charge in [0, 0.05) is 0 Å². The van der Waals surface area contributed by atoms with Crippen LogP contribution in [-0.4, -0.2) is 168 Å². The minimum atomic E-state index is -1.86. The second kappa shape index (κ2) is 20.4. The maximum absolute atomic E-state index is 10.9. The molecule has 15 nitrogen and oxygen atoms in total. The Kier molecular flexibility index (Phi) is 17.8. The molecule has 3 rings (SSSR count). The second-order valence-electron chi connectivity index (χ2n) is 12.4. The van der Waals surface area contributed by atoms with Crippen molar-refractivity contribution in [3.63, 3.8) is 0 Å². The van der Waals surface area contributed by atoms with Gasteiger partial charge in [-0.15, -0.1) is 11.8 Å². The van der Waals surface area contributed by atoms with Crippen LogP contribution in [0.1, 0.15) is 71.1 Å². The van der Waals surface area contributed by atoms with Crippen LogP contribution in [0.5, 0.6) is 0 Å². The average Bonchev–Trinajstić information content (AvgIpc) is 3.06. The van der Waals surface area contributed by atoms with Gasteiger partial charge in [-0.2, -0.15) is 0 Å². The lowest BCUT2D eigenvalue weighted by Gasteiger charge is -2.48. The van der Waals surface area contributed by atoms with Crippen molar-refractivity contribution in [3.8, 4) is 0 Å². The van der Waals surface area contributed by atoms with Gasteiger partial charge in [-0.05, 0) is 12.2 Å². The van der Waals surface area contributed by atoms with Gasteiger partial charge in [0.2, 0.25) is 0 Å². The van der Waals surface area contributed by atoms with Crippen LogP contribution >= 0.6 is 11.8 Å². The molecule has 3 aliphatic heterocycles. The Labute approximate surface area is 274 Å². The van der Waals surface area contributed by atoms with Crippen LogP contribution in [0.15, 0.2) is 0 Å². The van der Waals surface area contributed by atoms with Crippen molar-refractivity contribution in [1.82, 2.24) is 0 Å². The Morgan fingerprint density at radius 2 is 0.913 bits per heavy atom. The zero-order valence-corrected chi connectivity index (χ0v) is 27.3. The van der Waals surface area contributed by atoms with Crippen LogP contribution < -0.4 is 0 Å². The molecule has 3 saturated heterocycles. The van der Waals surface area contributed by atoms with Crippen molar-refractivity contribution in [2.75, 3.05) is 25.6 Å². The van der Waals surface area contributed by atoms with E-state index in [1.807, 2.05) is 0 Å². The highest BCUT2D eigenvalue weighted by atomic mass is 32.2. The van der Waals surface area contributed by atoms with Gasteiger partial charge in [-0.1, -0.05) is 64.7 Å². The van der Waals surface area contributed by atoms with E-state index in [4.69, 9.17) is 23.7 Å². The molecule has 0 bridgehead atoms. The Bertz CT molecular complexity index is 825. The second-order valence-corrected chi connectivity index (χ2v) is 13.6. The van der Waals surface area contributed by atoms with Gasteiger partial charge < -0.3 is 74.7 Å². The van der Waals surface area contributed by atoms with E-state index >= 15 is 0 Å². The minimum Gasteiger partial charge on any atom is -0.394 e. The summed E-state index contributed by atoms with van der Waals surface area (Å²) >= 11 is 1.33. The summed E-state index contributed by atoms with van der Waals surface area (Å²) in [6, 6.07) is 0. The molecule has 0 radical (unpaired) electrons. The van der Waals surface area contributed by atoms with E-state index in [1.165, 1.54) is 56.7 Å². The number of aliphatic hydroxyl groups excluding tert-OH is 10. The van der Waals surface area contributed by atoms with Crippen molar-refractivity contribution in [1.29, 1.82) is 0 Å². The molecule has 3 fully saturated rings. The first-order chi connectivity index (χ1) is 22.1. The SMILES string of the molecule is CCCCCCCCCCCCS[C@@H]1O[C@H](CO)[C@@H](O[C@H]2O[C@H](CO)[C@@H](O[C@@H]3O[C@H](CO)[C@H](O)[C@H](O)[C@H]3O)[C@H](O)[C@H]2O)[C@H](O)[C@H]1O. The average molecular weight is 689 g/mol. The zero-order valence-electron chi connectivity index (χ0n) is 26.5. The molecule has 0 spiro atoms. The van der Waals surface area contributed by atoms with Crippen LogP contribution in [0.2, 0.25) is 0 Å². The molecule has 15 atom stereocenters. The monoisotopic (exact) mass is 688 g/mol. The molecule has 0 unspecified atom stereocenters. The quantitative estimate of drug-likeness (QED) is 0.0665. The van der Waals surface area contributed by atoms with Gasteiger partial charge in [-0.3, -0.25) is 0 Å². The first-order valence-corrected chi connectivity index (χ1v) is 17.6. The fourth-order valence-corrected chi connectivity index (χ4v) is 7.15. The Hall–Kier alpha value is -0.250. The summed E-state index contributed by atoms with van der Waals surface area (Å²) in [6.45, 7) is 0.107. The van der Waals surface area contributed by atoms with Gasteiger partial charge in [0.1, 0.15) is 78.7 Å². The van der Waals surface area contributed by atoms with Gasteiger partial charge in [0.25, 0.3) is 0 Å². The number of hydrogen-bond donors (Lipinski definition) is 10. The number of ether oxygens (including phenoxy) is 5. The molecule has 10 N–H and O–H groups in total. The van der Waals surface area contributed by atoms with E-state index in [9.17, 15) is 51.1 Å². The number of aliphatic hydroxyl groups is 10. The van der Waals surface area contributed by atoms with Crippen LogP contribution in [0.3, 0.4) is 0 Å². The Balaban J connectivity index is 1.50. The van der Waals surface area contributed by atoms with Gasteiger partial charge >= 0.3 is 0 Å². The summed E-state index contributed by atoms with van der Waals surface area (Å²) in [5.41, 5.74) is -0.838. The molecule has 46 heavy (non-hydrogen) atoms. The molecule has 3 heterocycles. The van der Waals surface area contributed by atoms with Crippen LogP contribution in [0.25, 0.3) is 0 Å². The van der Waals surface area contributed by atoms with Crippen LogP contribution in [0.4, 0.5) is 0 Å². The van der Waals surface area contributed by atoms with E-state index in [-0.39, 0.29) is 0 Å². The van der Waals surface area contributed by atoms with Crippen molar-refractivity contribution in [2.45, 2.75) is 162 Å². The predicted molar refractivity (Wildman–Crippen MR) is 163 cm³/mol. The molecular weight excluding hydrogens is 632 g/mol. The number of hydrogen-bond acceptors (Lipinski definition) is 16. The van der Waals surface area contributed by atoms with Crippen LogP contribution in [0, 0.1) is 0 Å². The van der Waals surface area contributed by atoms with Crippen LogP contribution in [-0.2, 0) is 23.7 Å². The topological polar surface area (TPSA) is 248 Å². The lowest BCUT2D eigenvalue weighted by atomic mass is 9.96. The van der Waals surface area contributed by atoms with Crippen molar-refractivity contribution < 1.29 is 74.7 Å². The summed E-state index contributed by atoms with van der Waals surface area (Å²) in [4.78, 5) is 0. The standard InChI is InChI=1S/C30H56O15S/c1-2-3-4-5-6-7-8-9-10-11-12-46-30-25(40)22(37)27(18(15-33)43-30)45-29-24(39)21(36)26(17(14-32)42-29)44-28-23(38)20(35)19(34)16(13-31)41-28/h16-40H,2-15H2,1H3/t16-,17-,18-,19+,20+,21-,22-,23-,24-,25-,26-,27-,28+,29-,30+/m1/s1. The van der Waals surface area contributed by atoms with E-state index < -0.39 is 111 Å². The van der Waals surface area contributed by atoms with E-state index in [0.717, 1.165) is 19.3 Å². The summed E-state index contributed by atoms with van der Waals surface area (Å²) in [5, 5.41) is 103. The maximum Gasteiger partial charge on any atom is 0.187 e. The highest BCUT2D eigenvalue weighted by molar-refractivity contribution is 7.99. The van der Waals surface area contributed by atoms with Gasteiger partial charge in [0.05, 0.1) is 19.8 Å². The molecule has 0 saturated carbocycles. The third-order valence-electron chi connectivity index (χ3n) is 8.85. The summed E-state index contributed by atoms with van der Waals surface area (Å²) in [7, 11) is 0. The maximum atomic E-state index is 10.9. The third kappa shape index (κ3) is 10.6. The summed E-state index contributed by atoms with van der Waals surface area (Å²) < 4.78 is 28.0. The molecule has 0 aromatic heterocycles. The smallest absolute Gasteiger partial charge is 0.187 e. The highest BCUT2D eigenvalue weighted by Gasteiger charge is 2.53.